The largest absolute Gasteiger partial charge is 0.506 e. The second-order valence-electron chi connectivity index (χ2n) is 5.54. The van der Waals surface area contributed by atoms with Gasteiger partial charge in [-0.2, -0.15) is 0 Å². The molecule has 0 aliphatic carbocycles. The highest BCUT2D eigenvalue weighted by Gasteiger charge is 2.17. The molecule has 1 heterocycles. The molecule has 0 radical (unpaired) electrons. The van der Waals surface area contributed by atoms with E-state index in [1.54, 1.807) is 18.2 Å². The standard InChI is InChI=1S/C18H15ClO3S/c1-9-6-10(2)16(11(3)7-9)23-17-15(20)13-8-12(19)4-5-14(13)22-18(17)21/h4-8,20H,1-3H3. The second-order valence-corrected chi connectivity index (χ2v) is 6.99. The van der Waals surface area contributed by atoms with Crippen molar-refractivity contribution in [2.24, 2.45) is 0 Å². The van der Waals surface area contributed by atoms with E-state index in [0.29, 0.717) is 16.0 Å². The van der Waals surface area contributed by atoms with Crippen molar-refractivity contribution in [3.05, 3.63) is 62.5 Å². The van der Waals surface area contributed by atoms with Crippen LogP contribution in [-0.2, 0) is 0 Å². The average molecular weight is 347 g/mol. The van der Waals surface area contributed by atoms with E-state index in [9.17, 15) is 9.90 Å². The molecule has 0 spiro atoms. The van der Waals surface area contributed by atoms with E-state index >= 15 is 0 Å². The minimum Gasteiger partial charge on any atom is -0.506 e. The van der Waals surface area contributed by atoms with E-state index in [1.807, 2.05) is 32.9 Å². The smallest absolute Gasteiger partial charge is 0.354 e. The topological polar surface area (TPSA) is 50.4 Å². The molecule has 1 N–H and O–H groups in total. The first-order valence-corrected chi connectivity index (χ1v) is 8.27. The third-order valence-corrected chi connectivity index (χ3v) is 5.26. The summed E-state index contributed by atoms with van der Waals surface area (Å²) in [7, 11) is 0. The Bertz CT molecular complexity index is 953. The summed E-state index contributed by atoms with van der Waals surface area (Å²) in [5.41, 5.74) is 3.03. The van der Waals surface area contributed by atoms with Crippen LogP contribution in [0.2, 0.25) is 5.02 Å². The molecule has 0 unspecified atom stereocenters. The Morgan fingerprint density at radius 1 is 1.04 bits per heavy atom. The van der Waals surface area contributed by atoms with Crippen LogP contribution < -0.4 is 5.63 Å². The van der Waals surface area contributed by atoms with Crippen LogP contribution in [0.5, 0.6) is 5.75 Å². The molecule has 0 atom stereocenters. The van der Waals surface area contributed by atoms with Crippen molar-refractivity contribution >= 4 is 34.3 Å². The molecule has 5 heteroatoms. The molecule has 0 aliphatic rings. The Morgan fingerprint density at radius 2 is 1.70 bits per heavy atom. The van der Waals surface area contributed by atoms with Crippen LogP contribution in [0.25, 0.3) is 11.0 Å². The zero-order valence-corrected chi connectivity index (χ0v) is 14.5. The van der Waals surface area contributed by atoms with Crippen LogP contribution in [0.1, 0.15) is 16.7 Å². The Hall–Kier alpha value is -1.91. The summed E-state index contributed by atoms with van der Waals surface area (Å²) in [6.07, 6.45) is 0. The number of rotatable bonds is 2. The Kier molecular flexibility index (Phi) is 4.13. The van der Waals surface area contributed by atoms with Gasteiger partial charge in [-0.3, -0.25) is 0 Å². The number of hydrogen-bond acceptors (Lipinski definition) is 4. The normalized spacial score (nSPS) is 11.1. The van der Waals surface area contributed by atoms with Gasteiger partial charge in [-0.1, -0.05) is 41.1 Å². The van der Waals surface area contributed by atoms with Crippen LogP contribution >= 0.6 is 23.4 Å². The fourth-order valence-electron chi connectivity index (χ4n) is 2.66. The van der Waals surface area contributed by atoms with Gasteiger partial charge in [0.05, 0.1) is 5.39 Å². The summed E-state index contributed by atoms with van der Waals surface area (Å²) in [6, 6.07) is 8.88. The molecule has 2 aromatic carbocycles. The summed E-state index contributed by atoms with van der Waals surface area (Å²) >= 11 is 7.20. The predicted octanol–water partition coefficient (Wildman–Crippen LogP) is 5.23. The lowest BCUT2D eigenvalue weighted by atomic mass is 10.1. The van der Waals surface area contributed by atoms with Crippen molar-refractivity contribution in [3.63, 3.8) is 0 Å². The van der Waals surface area contributed by atoms with Gasteiger partial charge >= 0.3 is 5.63 Å². The van der Waals surface area contributed by atoms with Crippen LogP contribution in [-0.4, -0.2) is 5.11 Å². The predicted molar refractivity (Wildman–Crippen MR) is 93.9 cm³/mol. The lowest BCUT2D eigenvalue weighted by Crippen LogP contribution is -2.03. The van der Waals surface area contributed by atoms with Gasteiger partial charge in [0.15, 0.2) is 0 Å². The summed E-state index contributed by atoms with van der Waals surface area (Å²) in [5.74, 6) is -0.0943. The van der Waals surface area contributed by atoms with E-state index in [1.165, 1.54) is 11.8 Å². The molecule has 3 rings (SSSR count). The molecule has 0 saturated carbocycles. The van der Waals surface area contributed by atoms with Crippen LogP contribution in [0.3, 0.4) is 0 Å². The highest BCUT2D eigenvalue weighted by Crippen LogP contribution is 2.39. The van der Waals surface area contributed by atoms with E-state index in [0.717, 1.165) is 21.6 Å². The molecule has 3 nitrogen and oxygen atoms in total. The number of benzene rings is 2. The van der Waals surface area contributed by atoms with Gasteiger partial charge in [-0.05, 0) is 50.1 Å². The number of aryl methyl sites for hydroxylation is 3. The lowest BCUT2D eigenvalue weighted by Gasteiger charge is -2.12. The molecule has 23 heavy (non-hydrogen) atoms. The average Bonchev–Trinajstić information content (AvgIpc) is 2.46. The Labute approximate surface area is 142 Å². The first kappa shape index (κ1) is 16.0. The third-order valence-electron chi connectivity index (χ3n) is 3.61. The zero-order valence-electron chi connectivity index (χ0n) is 12.9. The van der Waals surface area contributed by atoms with Gasteiger partial charge in [0.1, 0.15) is 16.2 Å². The van der Waals surface area contributed by atoms with Crippen LogP contribution in [0, 0.1) is 20.8 Å². The van der Waals surface area contributed by atoms with Gasteiger partial charge in [0.25, 0.3) is 0 Å². The minimum absolute atomic E-state index is 0.0943. The Morgan fingerprint density at radius 3 is 2.35 bits per heavy atom. The molecule has 0 bridgehead atoms. The van der Waals surface area contributed by atoms with E-state index in [-0.39, 0.29) is 10.6 Å². The molecular weight excluding hydrogens is 332 g/mol. The monoisotopic (exact) mass is 346 g/mol. The first-order valence-electron chi connectivity index (χ1n) is 7.08. The molecule has 0 amide bonds. The van der Waals surface area contributed by atoms with Crippen molar-refractivity contribution in [2.75, 3.05) is 0 Å². The van der Waals surface area contributed by atoms with E-state index in [2.05, 4.69) is 0 Å². The van der Waals surface area contributed by atoms with Gasteiger partial charge in [0, 0.05) is 9.92 Å². The molecular formula is C18H15ClO3S. The second kappa shape index (κ2) is 5.95. The first-order chi connectivity index (χ1) is 10.9. The molecule has 3 aromatic rings. The van der Waals surface area contributed by atoms with Crippen LogP contribution in [0.15, 0.2) is 49.3 Å². The van der Waals surface area contributed by atoms with Crippen LogP contribution in [0.4, 0.5) is 0 Å². The highest BCUT2D eigenvalue weighted by atomic mass is 35.5. The summed E-state index contributed by atoms with van der Waals surface area (Å²) < 4.78 is 5.31. The zero-order chi connectivity index (χ0) is 16.7. The van der Waals surface area contributed by atoms with E-state index < -0.39 is 5.63 Å². The van der Waals surface area contributed by atoms with Gasteiger partial charge in [-0.15, -0.1) is 0 Å². The van der Waals surface area contributed by atoms with Gasteiger partial charge < -0.3 is 9.52 Å². The maximum Gasteiger partial charge on any atom is 0.354 e. The number of halogens is 1. The van der Waals surface area contributed by atoms with Crippen molar-refractivity contribution in [2.45, 2.75) is 30.6 Å². The number of hydrogen-bond donors (Lipinski definition) is 1. The van der Waals surface area contributed by atoms with Crippen molar-refractivity contribution in [3.8, 4) is 5.75 Å². The number of aromatic hydroxyl groups is 1. The van der Waals surface area contributed by atoms with E-state index in [4.69, 9.17) is 16.0 Å². The van der Waals surface area contributed by atoms with Crippen molar-refractivity contribution < 1.29 is 9.52 Å². The summed E-state index contributed by atoms with van der Waals surface area (Å²) in [5, 5.41) is 11.4. The maximum absolute atomic E-state index is 12.3. The SMILES string of the molecule is Cc1cc(C)c(Sc2c(O)c3cc(Cl)ccc3oc2=O)c(C)c1. The lowest BCUT2D eigenvalue weighted by molar-refractivity contribution is 0.447. The Balaban J connectivity index is 2.20. The fourth-order valence-corrected chi connectivity index (χ4v) is 3.81. The van der Waals surface area contributed by atoms with Gasteiger partial charge in [-0.25, -0.2) is 4.79 Å². The maximum atomic E-state index is 12.3. The molecule has 0 fully saturated rings. The highest BCUT2D eigenvalue weighted by molar-refractivity contribution is 7.99. The molecule has 118 valence electrons. The fraction of sp³-hybridized carbons (Fsp3) is 0.167. The van der Waals surface area contributed by atoms with Crippen molar-refractivity contribution in [1.82, 2.24) is 0 Å². The minimum atomic E-state index is -0.554. The number of fused-ring (bicyclic) bond motifs is 1. The summed E-state index contributed by atoms with van der Waals surface area (Å²) in [4.78, 5) is 13.4. The quantitative estimate of drug-likeness (QED) is 0.645. The third kappa shape index (κ3) is 2.96. The molecule has 0 aliphatic heterocycles. The molecule has 1 aromatic heterocycles. The van der Waals surface area contributed by atoms with Gasteiger partial charge in [0.2, 0.25) is 0 Å². The molecule has 0 saturated heterocycles. The van der Waals surface area contributed by atoms with Crippen molar-refractivity contribution in [1.29, 1.82) is 0 Å². The summed E-state index contributed by atoms with van der Waals surface area (Å²) in [6.45, 7) is 6.00.